The minimum Gasteiger partial charge on any atom is -0.491 e. The monoisotopic (exact) mass is 417 g/mol. The maximum Gasteiger partial charge on any atom is 0.257 e. The average molecular weight is 418 g/mol. The van der Waals surface area contributed by atoms with E-state index in [0.29, 0.717) is 35.3 Å². The van der Waals surface area contributed by atoms with Gasteiger partial charge in [0.25, 0.3) is 15.9 Å². The van der Waals surface area contributed by atoms with Gasteiger partial charge in [-0.25, -0.2) is 8.42 Å². The molecule has 2 aromatic carbocycles. The van der Waals surface area contributed by atoms with Crippen molar-refractivity contribution in [1.82, 2.24) is 0 Å². The van der Waals surface area contributed by atoms with E-state index in [1.807, 2.05) is 36.1 Å². The average Bonchev–Trinajstić information content (AvgIpc) is 3.02. The van der Waals surface area contributed by atoms with Gasteiger partial charge >= 0.3 is 0 Å². The molecule has 146 valence electrons. The maximum atomic E-state index is 12.7. The molecule has 7 nitrogen and oxygen atoms in total. The molecule has 0 fully saturated rings. The smallest absolute Gasteiger partial charge is 0.257 e. The molecule has 0 radical (unpaired) electrons. The van der Waals surface area contributed by atoms with Gasteiger partial charge in [-0.05, 0) is 48.5 Å². The number of carbonyl (C=O) groups excluding carboxylic acids is 1. The van der Waals surface area contributed by atoms with E-state index in [0.717, 1.165) is 17.0 Å². The fourth-order valence-corrected chi connectivity index (χ4v) is 5.27. The van der Waals surface area contributed by atoms with Gasteiger partial charge in [-0.1, -0.05) is 19.1 Å². The molecule has 0 aliphatic carbocycles. The highest BCUT2D eigenvalue weighted by molar-refractivity contribution is 8.15. The summed E-state index contributed by atoms with van der Waals surface area (Å²) in [6.07, 6.45) is 0.875. The Balaban J connectivity index is 1.56. The first kappa shape index (κ1) is 18.8. The molecule has 0 saturated carbocycles. The number of nitrogens with one attached hydrogen (secondary N) is 1. The number of hydrogen-bond donors (Lipinski definition) is 1. The van der Waals surface area contributed by atoms with Crippen LogP contribution in [0.1, 0.15) is 23.7 Å². The van der Waals surface area contributed by atoms with Gasteiger partial charge in [-0.2, -0.15) is 0 Å². The first-order valence-corrected chi connectivity index (χ1v) is 11.3. The van der Waals surface area contributed by atoms with Crippen LogP contribution in [0.2, 0.25) is 0 Å². The van der Waals surface area contributed by atoms with Crippen LogP contribution < -0.4 is 15.0 Å². The van der Waals surface area contributed by atoms with E-state index in [9.17, 15) is 13.2 Å². The van der Waals surface area contributed by atoms with Gasteiger partial charge in [0.05, 0.1) is 23.7 Å². The molecule has 0 saturated heterocycles. The highest BCUT2D eigenvalue weighted by atomic mass is 32.2. The summed E-state index contributed by atoms with van der Waals surface area (Å²) in [5, 5.41) is 3.33. The standard InChI is InChI=1S/C19H19N3O4S2/c1-2-10-26-16-6-4-3-5-14(16)20-18(23)13-7-8-15-17(12-13)27-19-21-28(24,25)11-9-22(15)19/h3-8,12H,2,9-11H2,1H3,(H,20,23). The molecule has 2 aliphatic rings. The molecule has 0 aromatic heterocycles. The Morgan fingerprint density at radius 1 is 1.29 bits per heavy atom. The summed E-state index contributed by atoms with van der Waals surface area (Å²) >= 11 is 1.27. The third kappa shape index (κ3) is 3.72. The predicted molar refractivity (Wildman–Crippen MR) is 111 cm³/mol. The Labute approximate surface area is 167 Å². The highest BCUT2D eigenvalue weighted by Gasteiger charge is 2.33. The molecule has 4 rings (SSSR count). The number of para-hydroxylation sites is 2. The van der Waals surface area contributed by atoms with Gasteiger partial charge < -0.3 is 15.0 Å². The summed E-state index contributed by atoms with van der Waals surface area (Å²) in [6, 6.07) is 12.6. The lowest BCUT2D eigenvalue weighted by Gasteiger charge is -2.22. The highest BCUT2D eigenvalue weighted by Crippen LogP contribution is 2.42. The van der Waals surface area contributed by atoms with E-state index in [4.69, 9.17) is 4.74 Å². The fourth-order valence-electron chi connectivity index (χ4n) is 2.97. The molecule has 0 spiro atoms. The van der Waals surface area contributed by atoms with Gasteiger partial charge in [0.2, 0.25) is 0 Å². The van der Waals surface area contributed by atoms with Gasteiger partial charge in [0.15, 0.2) is 5.17 Å². The molecule has 1 N–H and O–H groups in total. The zero-order valence-corrected chi connectivity index (χ0v) is 16.8. The third-order valence-electron chi connectivity index (χ3n) is 4.33. The number of nitrogens with zero attached hydrogens (tertiary/aromatic N) is 2. The summed E-state index contributed by atoms with van der Waals surface area (Å²) in [7, 11) is -3.40. The molecule has 2 aromatic rings. The Bertz CT molecular complexity index is 1070. The zero-order chi connectivity index (χ0) is 19.7. The van der Waals surface area contributed by atoms with Crippen molar-refractivity contribution in [2.75, 3.05) is 29.1 Å². The molecule has 0 bridgehead atoms. The molecule has 9 heteroatoms. The van der Waals surface area contributed by atoms with Crippen LogP contribution in [0.15, 0.2) is 51.8 Å². The topological polar surface area (TPSA) is 88.1 Å². The Hall–Kier alpha value is -2.52. The lowest BCUT2D eigenvalue weighted by molar-refractivity contribution is 0.102. The number of carbonyl (C=O) groups is 1. The van der Waals surface area contributed by atoms with Crippen LogP contribution >= 0.6 is 11.8 Å². The summed E-state index contributed by atoms with van der Waals surface area (Å²) in [4.78, 5) is 15.4. The van der Waals surface area contributed by atoms with E-state index in [1.165, 1.54) is 11.8 Å². The Kier molecular flexibility index (Phi) is 5.03. The first-order valence-electron chi connectivity index (χ1n) is 8.92. The van der Waals surface area contributed by atoms with Crippen LogP contribution in [0.5, 0.6) is 5.75 Å². The summed E-state index contributed by atoms with van der Waals surface area (Å²) in [5.41, 5.74) is 1.98. The molecule has 28 heavy (non-hydrogen) atoms. The van der Waals surface area contributed by atoms with Gasteiger partial charge in [0, 0.05) is 17.0 Å². The van der Waals surface area contributed by atoms with Crippen molar-refractivity contribution in [3.05, 3.63) is 48.0 Å². The van der Waals surface area contributed by atoms with Gasteiger partial charge in [0.1, 0.15) is 5.75 Å². The zero-order valence-electron chi connectivity index (χ0n) is 15.2. The van der Waals surface area contributed by atoms with Crippen molar-refractivity contribution in [2.24, 2.45) is 4.40 Å². The minimum absolute atomic E-state index is 0.00667. The van der Waals surface area contributed by atoms with E-state index in [-0.39, 0.29) is 11.7 Å². The van der Waals surface area contributed by atoms with Crippen molar-refractivity contribution in [2.45, 2.75) is 18.2 Å². The van der Waals surface area contributed by atoms with E-state index in [2.05, 4.69) is 9.71 Å². The number of rotatable bonds is 5. The summed E-state index contributed by atoms with van der Waals surface area (Å²) in [6.45, 7) is 2.96. The van der Waals surface area contributed by atoms with Crippen molar-refractivity contribution in [3.8, 4) is 5.75 Å². The number of sulfonamides is 1. The van der Waals surface area contributed by atoms with Crippen molar-refractivity contribution < 1.29 is 17.9 Å². The Morgan fingerprint density at radius 3 is 2.93 bits per heavy atom. The molecule has 0 unspecified atom stereocenters. The number of hydrogen-bond acceptors (Lipinski definition) is 6. The largest absolute Gasteiger partial charge is 0.491 e. The van der Waals surface area contributed by atoms with Crippen LogP contribution in [0.25, 0.3) is 0 Å². The van der Waals surface area contributed by atoms with E-state index < -0.39 is 10.0 Å². The fraction of sp³-hybridized carbons (Fsp3) is 0.263. The summed E-state index contributed by atoms with van der Waals surface area (Å²) < 4.78 is 33.0. The lowest BCUT2D eigenvalue weighted by Crippen LogP contribution is -2.35. The minimum atomic E-state index is -3.40. The van der Waals surface area contributed by atoms with Crippen molar-refractivity contribution >= 4 is 44.2 Å². The van der Waals surface area contributed by atoms with Crippen LogP contribution in [-0.4, -0.2) is 38.4 Å². The van der Waals surface area contributed by atoms with Crippen LogP contribution in [0.3, 0.4) is 0 Å². The van der Waals surface area contributed by atoms with Gasteiger partial charge in [-0.15, -0.1) is 4.40 Å². The number of thioether (sulfide) groups is 1. The van der Waals surface area contributed by atoms with Gasteiger partial charge in [-0.3, -0.25) is 4.79 Å². The number of benzene rings is 2. The molecular formula is C19H19N3O4S2. The predicted octanol–water partition coefficient (Wildman–Crippen LogP) is 3.34. The van der Waals surface area contributed by atoms with Crippen molar-refractivity contribution in [3.63, 3.8) is 0 Å². The third-order valence-corrected chi connectivity index (χ3v) is 6.64. The lowest BCUT2D eigenvalue weighted by atomic mass is 10.1. The van der Waals surface area contributed by atoms with Crippen molar-refractivity contribution in [1.29, 1.82) is 0 Å². The van der Waals surface area contributed by atoms with E-state index in [1.54, 1.807) is 18.2 Å². The SMILES string of the molecule is CCCOc1ccccc1NC(=O)c1ccc2c(c1)SC1=NS(=O)(=O)CCN12. The molecule has 2 heterocycles. The normalized spacial score (nSPS) is 16.8. The second kappa shape index (κ2) is 7.48. The maximum absolute atomic E-state index is 12.7. The number of fused-ring (bicyclic) bond motifs is 3. The Morgan fingerprint density at radius 2 is 2.11 bits per heavy atom. The number of amides is 1. The quantitative estimate of drug-likeness (QED) is 0.803. The second-order valence-corrected chi connectivity index (χ2v) is 9.16. The first-order chi connectivity index (χ1) is 13.5. The summed E-state index contributed by atoms with van der Waals surface area (Å²) in [5.74, 6) is 0.369. The number of amidine groups is 1. The molecule has 0 atom stereocenters. The second-order valence-electron chi connectivity index (χ2n) is 6.39. The molecular weight excluding hydrogens is 398 g/mol. The van der Waals surface area contributed by atoms with Crippen LogP contribution in [-0.2, 0) is 10.0 Å². The van der Waals surface area contributed by atoms with Crippen LogP contribution in [0.4, 0.5) is 11.4 Å². The van der Waals surface area contributed by atoms with E-state index >= 15 is 0 Å². The number of ether oxygens (including phenoxy) is 1. The number of anilines is 2. The molecule has 2 aliphatic heterocycles. The van der Waals surface area contributed by atoms with Crippen LogP contribution in [0, 0.1) is 0 Å². The molecule has 1 amide bonds.